The minimum Gasteiger partial charge on any atom is -0.264 e. The Kier molecular flexibility index (Phi) is 2.84. The summed E-state index contributed by atoms with van der Waals surface area (Å²) in [5.74, 6) is 0. The maximum absolute atomic E-state index is 6.13. The Labute approximate surface area is 94.1 Å². The molecular formula is C13H10ClN. The van der Waals surface area contributed by atoms with E-state index >= 15 is 0 Å². The first-order valence-electron chi connectivity index (χ1n) is 4.64. The van der Waals surface area contributed by atoms with Crippen LogP contribution in [-0.4, -0.2) is 4.98 Å². The molecule has 1 nitrogen and oxygen atoms in total. The van der Waals surface area contributed by atoms with Crippen molar-refractivity contribution in [2.24, 2.45) is 0 Å². The van der Waals surface area contributed by atoms with Crippen LogP contribution in [0.5, 0.6) is 0 Å². The van der Waals surface area contributed by atoms with Crippen molar-refractivity contribution in [2.45, 2.75) is 0 Å². The van der Waals surface area contributed by atoms with Crippen LogP contribution in [0.15, 0.2) is 49.3 Å². The van der Waals surface area contributed by atoms with Crippen LogP contribution in [0.2, 0.25) is 5.02 Å². The van der Waals surface area contributed by atoms with E-state index in [1.54, 1.807) is 18.5 Å². The first-order chi connectivity index (χ1) is 7.33. The van der Waals surface area contributed by atoms with Gasteiger partial charge in [0.15, 0.2) is 0 Å². The molecule has 0 fully saturated rings. The van der Waals surface area contributed by atoms with Crippen molar-refractivity contribution in [3.05, 3.63) is 59.9 Å². The van der Waals surface area contributed by atoms with Crippen molar-refractivity contribution >= 4 is 17.7 Å². The van der Waals surface area contributed by atoms with Gasteiger partial charge in [-0.3, -0.25) is 4.98 Å². The van der Waals surface area contributed by atoms with Gasteiger partial charge in [0.1, 0.15) is 0 Å². The van der Waals surface area contributed by atoms with Crippen LogP contribution in [0, 0.1) is 0 Å². The molecule has 0 saturated carbocycles. The number of benzene rings is 1. The molecule has 0 radical (unpaired) electrons. The summed E-state index contributed by atoms with van der Waals surface area (Å²) in [6.45, 7) is 3.76. The minimum absolute atomic E-state index is 0.742. The van der Waals surface area contributed by atoms with Gasteiger partial charge in [-0.05, 0) is 17.7 Å². The van der Waals surface area contributed by atoms with Gasteiger partial charge < -0.3 is 0 Å². The second-order valence-electron chi connectivity index (χ2n) is 3.15. The van der Waals surface area contributed by atoms with Crippen LogP contribution in [0.25, 0.3) is 17.2 Å². The number of hydrogen-bond acceptors (Lipinski definition) is 1. The quantitative estimate of drug-likeness (QED) is 0.737. The van der Waals surface area contributed by atoms with Gasteiger partial charge in [0, 0.05) is 28.5 Å². The lowest BCUT2D eigenvalue weighted by atomic mass is 10.0. The Balaban J connectivity index is 2.64. The molecule has 15 heavy (non-hydrogen) atoms. The van der Waals surface area contributed by atoms with E-state index in [2.05, 4.69) is 11.6 Å². The maximum atomic E-state index is 6.13. The lowest BCUT2D eigenvalue weighted by Crippen LogP contribution is -1.85. The van der Waals surface area contributed by atoms with Crippen LogP contribution in [0.1, 0.15) is 5.56 Å². The molecule has 0 amide bonds. The van der Waals surface area contributed by atoms with Crippen molar-refractivity contribution in [2.75, 3.05) is 0 Å². The van der Waals surface area contributed by atoms with E-state index in [1.807, 2.05) is 30.3 Å². The predicted molar refractivity (Wildman–Crippen MR) is 64.8 cm³/mol. The van der Waals surface area contributed by atoms with Crippen LogP contribution < -0.4 is 0 Å². The van der Waals surface area contributed by atoms with Gasteiger partial charge >= 0.3 is 0 Å². The Hall–Kier alpha value is -1.60. The molecule has 2 rings (SSSR count). The van der Waals surface area contributed by atoms with Gasteiger partial charge in [0.2, 0.25) is 0 Å². The van der Waals surface area contributed by atoms with Crippen LogP contribution in [-0.2, 0) is 0 Å². The number of nitrogens with zero attached hydrogens (tertiary/aromatic N) is 1. The highest BCUT2D eigenvalue weighted by molar-refractivity contribution is 6.33. The summed E-state index contributed by atoms with van der Waals surface area (Å²) in [5.41, 5.74) is 3.06. The fraction of sp³-hybridized carbons (Fsp3) is 0. The van der Waals surface area contributed by atoms with Crippen LogP contribution >= 0.6 is 11.6 Å². The molecule has 2 heteroatoms. The second-order valence-corrected chi connectivity index (χ2v) is 3.55. The molecule has 0 unspecified atom stereocenters. The van der Waals surface area contributed by atoms with Gasteiger partial charge in [-0.15, -0.1) is 0 Å². The van der Waals surface area contributed by atoms with E-state index < -0.39 is 0 Å². The van der Waals surface area contributed by atoms with E-state index in [1.165, 1.54) is 0 Å². The number of rotatable bonds is 2. The largest absolute Gasteiger partial charge is 0.264 e. The van der Waals surface area contributed by atoms with Crippen molar-refractivity contribution in [3.8, 4) is 11.1 Å². The summed E-state index contributed by atoms with van der Waals surface area (Å²) < 4.78 is 0. The molecule has 0 atom stereocenters. The average Bonchev–Trinajstić information content (AvgIpc) is 2.30. The molecule has 0 aliphatic rings. The van der Waals surface area contributed by atoms with E-state index in [0.29, 0.717) is 0 Å². The zero-order chi connectivity index (χ0) is 10.7. The van der Waals surface area contributed by atoms with Crippen molar-refractivity contribution in [1.82, 2.24) is 4.98 Å². The third-order valence-corrected chi connectivity index (χ3v) is 2.57. The first-order valence-corrected chi connectivity index (χ1v) is 5.02. The molecule has 1 heterocycles. The summed E-state index contributed by atoms with van der Waals surface area (Å²) >= 11 is 6.13. The standard InChI is InChI=1S/C13H10ClN/c1-2-10-9-15-8-7-11(10)12-5-3-4-6-13(12)14/h2-9H,1H2. The lowest BCUT2D eigenvalue weighted by molar-refractivity contribution is 1.32. The molecule has 0 saturated heterocycles. The third-order valence-electron chi connectivity index (χ3n) is 2.24. The first kappa shape index (κ1) is 9.94. The highest BCUT2D eigenvalue weighted by Crippen LogP contribution is 2.29. The molecular weight excluding hydrogens is 206 g/mol. The molecule has 0 spiro atoms. The Morgan fingerprint density at radius 1 is 1.13 bits per heavy atom. The summed E-state index contributed by atoms with van der Waals surface area (Å²) in [5, 5.41) is 0.742. The highest BCUT2D eigenvalue weighted by atomic mass is 35.5. The Morgan fingerprint density at radius 2 is 1.93 bits per heavy atom. The van der Waals surface area contributed by atoms with Crippen LogP contribution in [0.4, 0.5) is 0 Å². The average molecular weight is 216 g/mol. The number of aromatic nitrogens is 1. The van der Waals surface area contributed by atoms with Gasteiger partial charge in [-0.2, -0.15) is 0 Å². The smallest absolute Gasteiger partial charge is 0.0484 e. The zero-order valence-electron chi connectivity index (χ0n) is 8.15. The molecule has 0 aliphatic carbocycles. The lowest BCUT2D eigenvalue weighted by Gasteiger charge is -2.06. The van der Waals surface area contributed by atoms with Gasteiger partial charge in [0.25, 0.3) is 0 Å². The van der Waals surface area contributed by atoms with Crippen molar-refractivity contribution < 1.29 is 0 Å². The zero-order valence-corrected chi connectivity index (χ0v) is 8.91. The summed E-state index contributed by atoms with van der Waals surface area (Å²) in [4.78, 5) is 4.06. The monoisotopic (exact) mass is 215 g/mol. The second kappa shape index (κ2) is 4.28. The Bertz CT molecular complexity index is 491. The van der Waals surface area contributed by atoms with E-state index in [-0.39, 0.29) is 0 Å². The minimum atomic E-state index is 0.742. The third kappa shape index (κ3) is 1.92. The summed E-state index contributed by atoms with van der Waals surface area (Å²) in [7, 11) is 0. The summed E-state index contributed by atoms with van der Waals surface area (Å²) in [6.07, 6.45) is 5.32. The Morgan fingerprint density at radius 3 is 2.67 bits per heavy atom. The highest BCUT2D eigenvalue weighted by Gasteiger charge is 2.05. The fourth-order valence-electron chi connectivity index (χ4n) is 1.49. The fourth-order valence-corrected chi connectivity index (χ4v) is 1.73. The number of pyridine rings is 1. The molecule has 0 bridgehead atoms. The topological polar surface area (TPSA) is 12.9 Å². The van der Waals surface area contributed by atoms with Crippen molar-refractivity contribution in [3.63, 3.8) is 0 Å². The van der Waals surface area contributed by atoms with Gasteiger partial charge in [-0.1, -0.05) is 42.5 Å². The number of hydrogen-bond donors (Lipinski definition) is 0. The van der Waals surface area contributed by atoms with Gasteiger partial charge in [-0.25, -0.2) is 0 Å². The predicted octanol–water partition coefficient (Wildman–Crippen LogP) is 4.05. The number of halogens is 1. The molecule has 2 aromatic rings. The van der Waals surface area contributed by atoms with Gasteiger partial charge in [0.05, 0.1) is 0 Å². The molecule has 0 aliphatic heterocycles. The maximum Gasteiger partial charge on any atom is 0.0484 e. The molecule has 1 aromatic heterocycles. The summed E-state index contributed by atoms with van der Waals surface area (Å²) in [6, 6.07) is 9.70. The molecule has 0 N–H and O–H groups in total. The van der Waals surface area contributed by atoms with Crippen LogP contribution in [0.3, 0.4) is 0 Å². The van der Waals surface area contributed by atoms with E-state index in [0.717, 1.165) is 21.7 Å². The molecule has 74 valence electrons. The van der Waals surface area contributed by atoms with Crippen molar-refractivity contribution in [1.29, 1.82) is 0 Å². The van der Waals surface area contributed by atoms with E-state index in [9.17, 15) is 0 Å². The normalized spacial score (nSPS) is 9.93. The van der Waals surface area contributed by atoms with E-state index in [4.69, 9.17) is 11.6 Å². The SMILES string of the molecule is C=Cc1cnccc1-c1ccccc1Cl. The molecule has 1 aromatic carbocycles.